The summed E-state index contributed by atoms with van der Waals surface area (Å²) >= 11 is 0.957. The Bertz CT molecular complexity index is 1340. The number of nitrogens with zero attached hydrogens (tertiary/aromatic N) is 3. The van der Waals surface area contributed by atoms with Crippen LogP contribution in [0.4, 0.5) is 5.69 Å². The number of carbonyl (C=O) groups excluding carboxylic acids is 1. The highest BCUT2D eigenvalue weighted by molar-refractivity contribution is 7.99. The summed E-state index contributed by atoms with van der Waals surface area (Å²) < 4.78 is 0. The highest BCUT2D eigenvalue weighted by atomic mass is 32.2. The molecule has 0 bridgehead atoms. The molecule has 31 heavy (non-hydrogen) atoms. The van der Waals surface area contributed by atoms with E-state index in [0.717, 1.165) is 17.1 Å². The van der Waals surface area contributed by atoms with Crippen molar-refractivity contribution in [3.05, 3.63) is 58.3 Å². The minimum atomic E-state index is -1.000. The first kappa shape index (κ1) is 20.1. The molecule has 12 heteroatoms. The fraction of sp³-hybridized carbons (Fsp3) is 0.0526. The molecule has 4 rings (SSSR count). The van der Waals surface area contributed by atoms with Crippen LogP contribution in [0.25, 0.3) is 33.4 Å². The number of nitrogens with one attached hydrogen (secondary N) is 2. The molecule has 0 spiro atoms. The minimum Gasteiger partial charge on any atom is -0.481 e. The van der Waals surface area contributed by atoms with Crippen LogP contribution in [0.3, 0.4) is 0 Å². The number of aromatic nitrogens is 4. The minimum absolute atomic E-state index is 0.149. The standard InChI is InChI=1S/C19H14N6O5S/c20-17(28)15-7-11-3-9(1-2-14(11)21-15)10-4-12(6-13(5-10)25(29)30)18-22-19(24-23-18)31-8-16(26)27/h1-7,21H,8H2,(H2,20,28)(H,26,27)(H,22,23,24). The van der Waals surface area contributed by atoms with Crippen molar-refractivity contribution in [2.45, 2.75) is 5.16 Å². The number of aromatic amines is 2. The predicted octanol–water partition coefficient (Wildman–Crippen LogP) is 2.80. The molecule has 0 radical (unpaired) electrons. The van der Waals surface area contributed by atoms with E-state index >= 15 is 0 Å². The van der Waals surface area contributed by atoms with Gasteiger partial charge in [0.05, 0.1) is 10.7 Å². The second kappa shape index (κ2) is 7.91. The normalized spacial score (nSPS) is 11.0. The first-order valence-electron chi connectivity index (χ1n) is 8.80. The predicted molar refractivity (Wildman–Crippen MR) is 113 cm³/mol. The maximum absolute atomic E-state index is 11.5. The average Bonchev–Trinajstić information content (AvgIpc) is 3.38. The lowest BCUT2D eigenvalue weighted by Crippen LogP contribution is -2.10. The van der Waals surface area contributed by atoms with Crippen molar-refractivity contribution >= 4 is 40.2 Å². The zero-order valence-electron chi connectivity index (χ0n) is 15.7. The van der Waals surface area contributed by atoms with Crippen molar-refractivity contribution in [1.82, 2.24) is 20.2 Å². The van der Waals surface area contributed by atoms with Crippen molar-refractivity contribution < 1.29 is 19.6 Å². The van der Waals surface area contributed by atoms with Crippen LogP contribution in [0.1, 0.15) is 10.5 Å². The van der Waals surface area contributed by atoms with Crippen LogP contribution in [0.2, 0.25) is 0 Å². The Morgan fingerprint density at radius 3 is 2.61 bits per heavy atom. The molecule has 4 aromatic rings. The van der Waals surface area contributed by atoms with Gasteiger partial charge >= 0.3 is 5.97 Å². The number of thioether (sulfide) groups is 1. The van der Waals surface area contributed by atoms with Gasteiger partial charge in [-0.05, 0) is 35.4 Å². The summed E-state index contributed by atoms with van der Waals surface area (Å²) in [5.74, 6) is -1.58. The fourth-order valence-corrected chi connectivity index (χ4v) is 3.55. The summed E-state index contributed by atoms with van der Waals surface area (Å²) in [6.07, 6.45) is 0. The van der Waals surface area contributed by atoms with Gasteiger partial charge in [-0.3, -0.25) is 24.8 Å². The number of H-pyrrole nitrogens is 2. The van der Waals surface area contributed by atoms with Crippen LogP contribution in [0, 0.1) is 10.1 Å². The van der Waals surface area contributed by atoms with Crippen LogP contribution in [-0.4, -0.2) is 47.8 Å². The number of hydrogen-bond acceptors (Lipinski definition) is 7. The Hall–Kier alpha value is -4.19. The smallest absolute Gasteiger partial charge is 0.313 e. The summed E-state index contributed by atoms with van der Waals surface area (Å²) in [5.41, 5.74) is 7.76. The maximum atomic E-state index is 11.5. The van der Waals surface area contributed by atoms with Crippen LogP contribution in [-0.2, 0) is 4.79 Å². The first-order chi connectivity index (χ1) is 14.8. The van der Waals surface area contributed by atoms with Gasteiger partial charge in [0, 0.05) is 28.6 Å². The summed E-state index contributed by atoms with van der Waals surface area (Å²) in [4.78, 5) is 40.2. The van der Waals surface area contributed by atoms with E-state index in [9.17, 15) is 19.7 Å². The van der Waals surface area contributed by atoms with Crippen LogP contribution >= 0.6 is 11.8 Å². The second-order valence-electron chi connectivity index (χ2n) is 6.52. The number of rotatable bonds is 7. The Morgan fingerprint density at radius 1 is 1.13 bits per heavy atom. The van der Waals surface area contributed by atoms with Gasteiger partial charge in [-0.1, -0.05) is 17.8 Å². The summed E-state index contributed by atoms with van der Waals surface area (Å²) in [6, 6.07) is 11.4. The van der Waals surface area contributed by atoms with E-state index in [1.54, 1.807) is 30.3 Å². The quantitative estimate of drug-likeness (QED) is 0.193. The molecule has 156 valence electrons. The number of carbonyl (C=O) groups is 2. The highest BCUT2D eigenvalue weighted by Gasteiger charge is 2.16. The summed E-state index contributed by atoms with van der Waals surface area (Å²) in [6.45, 7) is 0. The average molecular weight is 438 g/mol. The van der Waals surface area contributed by atoms with E-state index in [1.165, 1.54) is 12.1 Å². The van der Waals surface area contributed by atoms with Crippen LogP contribution in [0.5, 0.6) is 0 Å². The third-order valence-electron chi connectivity index (χ3n) is 4.40. The number of hydrogen-bond donors (Lipinski definition) is 4. The molecule has 2 aromatic heterocycles. The van der Waals surface area contributed by atoms with Gasteiger partial charge in [-0.2, -0.15) is 5.10 Å². The SMILES string of the molecule is NC(=O)c1cc2cc(-c3cc(-c4n[nH]c(SCC(=O)O)n4)cc([N+](=O)[O-])c3)ccc2[nH]1. The molecule has 1 amide bonds. The third-order valence-corrected chi connectivity index (χ3v) is 5.25. The number of non-ortho nitro benzene ring substituents is 1. The topological polar surface area (TPSA) is 181 Å². The van der Waals surface area contributed by atoms with Crippen molar-refractivity contribution in [3.8, 4) is 22.5 Å². The molecule has 0 aliphatic rings. The lowest BCUT2D eigenvalue weighted by atomic mass is 10.0. The van der Waals surface area contributed by atoms with Crippen molar-refractivity contribution in [2.75, 3.05) is 5.75 Å². The Balaban J connectivity index is 1.76. The number of nitro groups is 1. The Kier molecular flexibility index (Phi) is 5.13. The number of fused-ring (bicyclic) bond motifs is 1. The van der Waals surface area contributed by atoms with Gasteiger partial charge in [-0.15, -0.1) is 0 Å². The molecule has 5 N–H and O–H groups in total. The summed E-state index contributed by atoms with van der Waals surface area (Å²) in [5, 5.41) is 27.9. The molecule has 0 atom stereocenters. The molecular weight excluding hydrogens is 424 g/mol. The number of amides is 1. The molecular formula is C19H14N6O5S. The van der Waals surface area contributed by atoms with Crippen molar-refractivity contribution in [1.29, 1.82) is 0 Å². The largest absolute Gasteiger partial charge is 0.481 e. The lowest BCUT2D eigenvalue weighted by Gasteiger charge is -2.05. The molecule has 0 unspecified atom stereocenters. The van der Waals surface area contributed by atoms with Gasteiger partial charge in [0.25, 0.3) is 11.6 Å². The third kappa shape index (κ3) is 4.23. The zero-order valence-corrected chi connectivity index (χ0v) is 16.5. The van der Waals surface area contributed by atoms with Gasteiger partial charge in [0.1, 0.15) is 5.69 Å². The second-order valence-corrected chi connectivity index (χ2v) is 7.49. The molecule has 11 nitrogen and oxygen atoms in total. The fourth-order valence-electron chi connectivity index (χ4n) is 3.03. The van der Waals surface area contributed by atoms with Gasteiger partial charge in [-0.25, -0.2) is 4.98 Å². The van der Waals surface area contributed by atoms with Crippen molar-refractivity contribution in [3.63, 3.8) is 0 Å². The highest BCUT2D eigenvalue weighted by Crippen LogP contribution is 2.32. The number of aliphatic carboxylic acids is 1. The van der Waals surface area contributed by atoms with Crippen molar-refractivity contribution in [2.24, 2.45) is 5.73 Å². The zero-order chi connectivity index (χ0) is 22.1. The monoisotopic (exact) mass is 438 g/mol. The molecule has 0 saturated carbocycles. The van der Waals surface area contributed by atoms with E-state index in [0.29, 0.717) is 22.2 Å². The van der Waals surface area contributed by atoms with E-state index in [2.05, 4.69) is 20.2 Å². The Labute approximate surface area is 177 Å². The van der Waals surface area contributed by atoms with Gasteiger partial charge < -0.3 is 15.8 Å². The molecule has 0 aliphatic heterocycles. The molecule has 0 aliphatic carbocycles. The number of carboxylic acid groups (broad SMARTS) is 1. The van der Waals surface area contributed by atoms with Crippen LogP contribution in [0.15, 0.2) is 47.6 Å². The summed E-state index contributed by atoms with van der Waals surface area (Å²) in [7, 11) is 0. The van der Waals surface area contributed by atoms with E-state index < -0.39 is 16.8 Å². The molecule has 0 fully saturated rings. The number of carboxylic acids is 1. The first-order valence-corrected chi connectivity index (χ1v) is 9.78. The van der Waals surface area contributed by atoms with E-state index in [1.807, 2.05) is 0 Å². The van der Waals surface area contributed by atoms with Gasteiger partial charge in [0.15, 0.2) is 11.0 Å². The Morgan fingerprint density at radius 2 is 1.90 bits per heavy atom. The molecule has 0 saturated heterocycles. The molecule has 2 heterocycles. The number of nitro benzene ring substituents is 1. The molecule has 2 aromatic carbocycles. The van der Waals surface area contributed by atoms with E-state index in [4.69, 9.17) is 10.8 Å². The number of nitrogens with two attached hydrogens (primary N) is 1. The maximum Gasteiger partial charge on any atom is 0.313 e. The van der Waals surface area contributed by atoms with Gasteiger partial charge in [0.2, 0.25) is 0 Å². The lowest BCUT2D eigenvalue weighted by molar-refractivity contribution is -0.384. The number of primary amides is 1. The number of benzene rings is 2. The van der Waals surface area contributed by atoms with Crippen LogP contribution < -0.4 is 5.73 Å². The van der Waals surface area contributed by atoms with E-state index in [-0.39, 0.29) is 28.1 Å².